The van der Waals surface area contributed by atoms with Crippen LogP contribution in [0.3, 0.4) is 0 Å². The minimum Gasteiger partial charge on any atom is -0.328 e. The highest BCUT2D eigenvalue weighted by Crippen LogP contribution is 2.26. The summed E-state index contributed by atoms with van der Waals surface area (Å²) in [5, 5.41) is 0. The number of imidazole rings is 1. The number of benzene rings is 1. The summed E-state index contributed by atoms with van der Waals surface area (Å²) in [7, 11) is 0. The van der Waals surface area contributed by atoms with Gasteiger partial charge in [0.25, 0.3) is 5.91 Å². The standard InChI is InChI=1S/C23H22N6O/c1-23(2,3)22-25-11-16-12-28(13-19(16)27-22)21(30)15-9-18-20(24-10-15)29(14-26-18)17-7-5-4-6-8-17/h4-11,14H,12-13H2,1-3H3. The van der Waals surface area contributed by atoms with Gasteiger partial charge in [0.15, 0.2) is 5.65 Å². The topological polar surface area (TPSA) is 76.8 Å². The molecule has 0 atom stereocenters. The van der Waals surface area contributed by atoms with Crippen molar-refractivity contribution >= 4 is 17.1 Å². The zero-order chi connectivity index (χ0) is 20.9. The van der Waals surface area contributed by atoms with Gasteiger partial charge in [0.05, 0.1) is 17.8 Å². The molecule has 7 nitrogen and oxygen atoms in total. The SMILES string of the molecule is CC(C)(C)c1ncc2c(n1)CN(C(=O)c1cnc3c(c1)ncn3-c1ccccc1)C2. The Morgan fingerprint density at radius 1 is 1.00 bits per heavy atom. The Labute approximate surface area is 174 Å². The van der Waals surface area contributed by atoms with E-state index >= 15 is 0 Å². The molecule has 7 heteroatoms. The summed E-state index contributed by atoms with van der Waals surface area (Å²) in [6.07, 6.45) is 5.21. The molecule has 0 fully saturated rings. The van der Waals surface area contributed by atoms with Gasteiger partial charge in [0.1, 0.15) is 17.7 Å². The van der Waals surface area contributed by atoms with E-state index in [0.29, 0.717) is 24.2 Å². The molecule has 0 unspecified atom stereocenters. The second-order valence-corrected chi connectivity index (χ2v) is 8.59. The lowest BCUT2D eigenvalue weighted by Crippen LogP contribution is -2.25. The molecule has 150 valence electrons. The summed E-state index contributed by atoms with van der Waals surface area (Å²) in [5.41, 5.74) is 4.72. The first-order valence-corrected chi connectivity index (χ1v) is 9.93. The first-order chi connectivity index (χ1) is 14.4. The van der Waals surface area contributed by atoms with Gasteiger partial charge in [-0.2, -0.15) is 0 Å². The van der Waals surface area contributed by atoms with Gasteiger partial charge in [-0.15, -0.1) is 0 Å². The van der Waals surface area contributed by atoms with E-state index in [-0.39, 0.29) is 11.3 Å². The molecule has 1 aromatic carbocycles. The van der Waals surface area contributed by atoms with Crippen molar-refractivity contribution in [3.63, 3.8) is 0 Å². The number of nitrogens with zero attached hydrogens (tertiary/aromatic N) is 6. The monoisotopic (exact) mass is 398 g/mol. The van der Waals surface area contributed by atoms with E-state index in [1.165, 1.54) is 0 Å². The van der Waals surface area contributed by atoms with Gasteiger partial charge >= 0.3 is 0 Å². The lowest BCUT2D eigenvalue weighted by molar-refractivity contribution is 0.0750. The maximum Gasteiger partial charge on any atom is 0.256 e. The maximum absolute atomic E-state index is 13.1. The van der Waals surface area contributed by atoms with Crippen LogP contribution in [0.2, 0.25) is 0 Å². The van der Waals surface area contributed by atoms with Gasteiger partial charge < -0.3 is 4.90 Å². The Morgan fingerprint density at radius 2 is 1.80 bits per heavy atom. The van der Waals surface area contributed by atoms with Crippen molar-refractivity contribution in [2.45, 2.75) is 39.3 Å². The fourth-order valence-electron chi connectivity index (χ4n) is 3.64. The summed E-state index contributed by atoms with van der Waals surface area (Å²) in [4.78, 5) is 33.1. The molecule has 0 bridgehead atoms. The van der Waals surface area contributed by atoms with Crippen molar-refractivity contribution in [1.82, 2.24) is 29.4 Å². The number of hydrogen-bond donors (Lipinski definition) is 0. The fraction of sp³-hybridized carbons (Fsp3) is 0.261. The van der Waals surface area contributed by atoms with Crippen molar-refractivity contribution in [3.05, 3.63) is 77.8 Å². The molecule has 1 amide bonds. The fourth-order valence-corrected chi connectivity index (χ4v) is 3.64. The third-order valence-electron chi connectivity index (χ3n) is 5.28. The maximum atomic E-state index is 13.1. The summed E-state index contributed by atoms with van der Waals surface area (Å²) < 4.78 is 1.92. The van der Waals surface area contributed by atoms with Crippen LogP contribution < -0.4 is 0 Å². The number of para-hydroxylation sites is 1. The summed E-state index contributed by atoms with van der Waals surface area (Å²) >= 11 is 0. The number of rotatable bonds is 2. The number of aromatic nitrogens is 5. The third kappa shape index (κ3) is 3.12. The van der Waals surface area contributed by atoms with Gasteiger partial charge in [-0.1, -0.05) is 39.0 Å². The molecule has 4 aromatic rings. The zero-order valence-electron chi connectivity index (χ0n) is 17.2. The van der Waals surface area contributed by atoms with Crippen molar-refractivity contribution < 1.29 is 4.79 Å². The third-order valence-corrected chi connectivity index (χ3v) is 5.28. The molecule has 30 heavy (non-hydrogen) atoms. The molecule has 0 saturated carbocycles. The predicted octanol–water partition coefficient (Wildman–Crippen LogP) is 3.66. The van der Waals surface area contributed by atoms with Crippen LogP contribution >= 0.6 is 0 Å². The number of pyridine rings is 1. The highest BCUT2D eigenvalue weighted by Gasteiger charge is 2.28. The highest BCUT2D eigenvalue weighted by molar-refractivity contribution is 5.96. The van der Waals surface area contributed by atoms with Crippen molar-refractivity contribution in [1.29, 1.82) is 0 Å². The smallest absolute Gasteiger partial charge is 0.256 e. The van der Waals surface area contributed by atoms with Crippen LogP contribution in [0.1, 0.15) is 48.2 Å². The highest BCUT2D eigenvalue weighted by atomic mass is 16.2. The Kier molecular flexibility index (Phi) is 4.13. The number of carbonyl (C=O) groups excluding carboxylic acids is 1. The Bertz CT molecular complexity index is 1260. The molecule has 0 spiro atoms. The Hall–Kier alpha value is -3.61. The molecule has 4 heterocycles. The largest absolute Gasteiger partial charge is 0.328 e. The van der Waals surface area contributed by atoms with E-state index in [1.54, 1.807) is 23.5 Å². The van der Waals surface area contributed by atoms with Gasteiger partial charge in [-0.3, -0.25) is 9.36 Å². The predicted molar refractivity (Wildman–Crippen MR) is 113 cm³/mol. The molecule has 1 aliphatic heterocycles. The molecular weight excluding hydrogens is 376 g/mol. The van der Waals surface area contributed by atoms with E-state index in [2.05, 4.69) is 35.7 Å². The molecule has 3 aromatic heterocycles. The first kappa shape index (κ1) is 18.4. The van der Waals surface area contributed by atoms with Gasteiger partial charge in [0.2, 0.25) is 0 Å². The number of hydrogen-bond acceptors (Lipinski definition) is 5. The zero-order valence-corrected chi connectivity index (χ0v) is 17.2. The first-order valence-electron chi connectivity index (χ1n) is 9.93. The average Bonchev–Trinajstić information content (AvgIpc) is 3.36. The second kappa shape index (κ2) is 6.73. The van der Waals surface area contributed by atoms with E-state index < -0.39 is 0 Å². The number of carbonyl (C=O) groups is 1. The van der Waals surface area contributed by atoms with Gasteiger partial charge in [-0.25, -0.2) is 19.9 Å². The number of fused-ring (bicyclic) bond motifs is 2. The molecule has 5 rings (SSSR count). The molecule has 0 radical (unpaired) electrons. The average molecular weight is 398 g/mol. The lowest BCUT2D eigenvalue weighted by atomic mass is 9.95. The minimum atomic E-state index is -0.126. The van der Waals surface area contributed by atoms with Crippen molar-refractivity contribution in [3.8, 4) is 5.69 Å². The van der Waals surface area contributed by atoms with Gasteiger partial charge in [0, 0.05) is 35.6 Å². The molecular formula is C23H22N6O. The van der Waals surface area contributed by atoms with E-state index in [9.17, 15) is 4.79 Å². The van der Waals surface area contributed by atoms with Crippen LogP contribution in [0.25, 0.3) is 16.9 Å². The molecule has 0 saturated heterocycles. The minimum absolute atomic E-state index is 0.0750. The second-order valence-electron chi connectivity index (χ2n) is 8.59. The quantitative estimate of drug-likeness (QED) is 0.515. The summed E-state index contributed by atoms with van der Waals surface area (Å²) in [6, 6.07) is 11.7. The Morgan fingerprint density at radius 3 is 2.57 bits per heavy atom. The molecule has 0 aliphatic carbocycles. The van der Waals surface area contributed by atoms with Crippen molar-refractivity contribution in [2.75, 3.05) is 0 Å². The van der Waals surface area contributed by atoms with Crippen LogP contribution in [-0.4, -0.2) is 35.3 Å². The van der Waals surface area contributed by atoms with E-state index in [1.807, 2.05) is 41.1 Å². The normalized spacial score (nSPS) is 13.6. The van der Waals surface area contributed by atoms with Crippen LogP contribution in [0.15, 0.2) is 55.1 Å². The van der Waals surface area contributed by atoms with Crippen LogP contribution in [0.4, 0.5) is 0 Å². The molecule has 1 aliphatic rings. The lowest BCUT2D eigenvalue weighted by Gasteiger charge is -2.16. The number of amides is 1. The van der Waals surface area contributed by atoms with Crippen LogP contribution in [-0.2, 0) is 18.5 Å². The van der Waals surface area contributed by atoms with E-state index in [0.717, 1.165) is 28.4 Å². The van der Waals surface area contributed by atoms with Gasteiger partial charge in [-0.05, 0) is 18.2 Å². The van der Waals surface area contributed by atoms with Crippen LogP contribution in [0.5, 0.6) is 0 Å². The summed E-state index contributed by atoms with van der Waals surface area (Å²) in [5.74, 6) is 0.721. The summed E-state index contributed by atoms with van der Waals surface area (Å²) in [6.45, 7) is 7.25. The van der Waals surface area contributed by atoms with E-state index in [4.69, 9.17) is 4.98 Å². The molecule has 0 N–H and O–H groups in total. The Balaban J connectivity index is 1.41. The van der Waals surface area contributed by atoms with Crippen molar-refractivity contribution in [2.24, 2.45) is 0 Å². The van der Waals surface area contributed by atoms with Crippen LogP contribution in [0, 0.1) is 0 Å².